The summed E-state index contributed by atoms with van der Waals surface area (Å²) in [7, 11) is 0. The minimum atomic E-state index is -0.336. The molecule has 94 valence electrons. The Balaban J connectivity index is 1.99. The van der Waals surface area contributed by atoms with Crippen molar-refractivity contribution >= 4 is 27.5 Å². The van der Waals surface area contributed by atoms with E-state index in [-0.39, 0.29) is 23.4 Å². The maximum absolute atomic E-state index is 13.3. The summed E-state index contributed by atoms with van der Waals surface area (Å²) in [5.41, 5.74) is 0. The van der Waals surface area contributed by atoms with Crippen LogP contribution in [-0.2, 0) is 4.74 Å². The second-order valence-corrected chi connectivity index (χ2v) is 5.32. The van der Waals surface area contributed by atoms with Crippen LogP contribution >= 0.6 is 27.5 Å². The summed E-state index contributed by atoms with van der Waals surface area (Å²) in [5.74, 6) is 0.168. The van der Waals surface area contributed by atoms with E-state index in [1.807, 2.05) is 6.92 Å². The Morgan fingerprint density at radius 1 is 1.53 bits per heavy atom. The number of halogens is 3. The molecule has 0 radical (unpaired) electrons. The molecule has 0 N–H and O–H groups in total. The molecule has 1 saturated carbocycles. The van der Waals surface area contributed by atoms with E-state index < -0.39 is 0 Å². The summed E-state index contributed by atoms with van der Waals surface area (Å²) < 4.78 is 24.8. The van der Waals surface area contributed by atoms with Crippen molar-refractivity contribution in [1.29, 1.82) is 0 Å². The molecule has 1 aromatic carbocycles. The molecular formula is C12H13BrClFO2. The molecule has 0 heterocycles. The third-order valence-electron chi connectivity index (χ3n) is 2.72. The molecule has 5 heteroatoms. The quantitative estimate of drug-likeness (QED) is 0.786. The van der Waals surface area contributed by atoms with Crippen LogP contribution in [0.15, 0.2) is 22.7 Å². The van der Waals surface area contributed by atoms with Crippen molar-refractivity contribution in [1.82, 2.24) is 0 Å². The minimum Gasteiger partial charge on any atom is -0.487 e. The molecule has 0 bridgehead atoms. The van der Waals surface area contributed by atoms with E-state index in [0.717, 1.165) is 6.42 Å². The molecule has 1 aliphatic carbocycles. The largest absolute Gasteiger partial charge is 0.487 e. The third-order valence-corrected chi connectivity index (χ3v) is 3.79. The van der Waals surface area contributed by atoms with E-state index in [4.69, 9.17) is 21.1 Å². The summed E-state index contributed by atoms with van der Waals surface area (Å²) in [6.45, 7) is 2.51. The molecule has 17 heavy (non-hydrogen) atoms. The Hall–Kier alpha value is -0.320. The number of hydrogen-bond donors (Lipinski definition) is 0. The van der Waals surface area contributed by atoms with Gasteiger partial charge in [-0.15, -0.1) is 11.6 Å². The monoisotopic (exact) mass is 322 g/mol. The molecule has 0 aliphatic heterocycles. The predicted molar refractivity (Wildman–Crippen MR) is 68.2 cm³/mol. The van der Waals surface area contributed by atoms with Gasteiger partial charge in [0.05, 0.1) is 9.85 Å². The van der Waals surface area contributed by atoms with E-state index in [1.165, 1.54) is 6.07 Å². The van der Waals surface area contributed by atoms with Crippen LogP contribution in [0.25, 0.3) is 0 Å². The van der Waals surface area contributed by atoms with Crippen molar-refractivity contribution in [2.45, 2.75) is 30.9 Å². The van der Waals surface area contributed by atoms with Crippen LogP contribution in [0.1, 0.15) is 13.3 Å². The molecule has 1 aromatic rings. The average Bonchev–Trinajstić information content (AvgIpc) is 2.30. The van der Waals surface area contributed by atoms with Gasteiger partial charge in [-0.05, 0) is 35.0 Å². The van der Waals surface area contributed by atoms with E-state index in [0.29, 0.717) is 16.8 Å². The zero-order valence-electron chi connectivity index (χ0n) is 9.33. The van der Waals surface area contributed by atoms with E-state index >= 15 is 0 Å². The van der Waals surface area contributed by atoms with Crippen molar-refractivity contribution in [2.75, 3.05) is 6.61 Å². The van der Waals surface area contributed by atoms with Crippen molar-refractivity contribution in [3.63, 3.8) is 0 Å². The van der Waals surface area contributed by atoms with Gasteiger partial charge in [0.25, 0.3) is 0 Å². The fraction of sp³-hybridized carbons (Fsp3) is 0.500. The second-order valence-electron chi connectivity index (χ2n) is 3.90. The lowest BCUT2D eigenvalue weighted by Gasteiger charge is -2.40. The SMILES string of the molecule is CCOC1C(Cl)CC1Oc1ccc(Br)c(F)c1. The number of alkyl halides is 1. The van der Waals surface area contributed by atoms with Crippen molar-refractivity contribution < 1.29 is 13.9 Å². The van der Waals surface area contributed by atoms with Crippen LogP contribution in [-0.4, -0.2) is 24.2 Å². The number of ether oxygens (including phenoxy) is 2. The average molecular weight is 324 g/mol. The number of hydrogen-bond acceptors (Lipinski definition) is 2. The van der Waals surface area contributed by atoms with Gasteiger partial charge in [-0.3, -0.25) is 0 Å². The van der Waals surface area contributed by atoms with Crippen LogP contribution in [0.2, 0.25) is 0 Å². The van der Waals surface area contributed by atoms with Crippen LogP contribution < -0.4 is 4.74 Å². The molecular weight excluding hydrogens is 310 g/mol. The molecule has 0 spiro atoms. The maximum atomic E-state index is 13.3. The summed E-state index contributed by atoms with van der Waals surface area (Å²) in [6, 6.07) is 4.70. The highest BCUT2D eigenvalue weighted by Crippen LogP contribution is 2.33. The standard InChI is InChI=1S/C12H13BrClFO2/c1-2-16-12-9(14)6-11(12)17-7-3-4-8(13)10(15)5-7/h3-5,9,11-12H,2,6H2,1H3. The summed E-state index contributed by atoms with van der Waals surface area (Å²) in [5, 5.41) is -0.0137. The summed E-state index contributed by atoms with van der Waals surface area (Å²) in [6.07, 6.45) is 0.538. The molecule has 2 nitrogen and oxygen atoms in total. The zero-order chi connectivity index (χ0) is 12.4. The van der Waals surface area contributed by atoms with Crippen molar-refractivity contribution in [3.8, 4) is 5.75 Å². The van der Waals surface area contributed by atoms with Crippen molar-refractivity contribution in [2.24, 2.45) is 0 Å². The van der Waals surface area contributed by atoms with Crippen LogP contribution in [0.5, 0.6) is 5.75 Å². The molecule has 1 aliphatic rings. The lowest BCUT2D eigenvalue weighted by atomic mass is 9.91. The summed E-state index contributed by atoms with van der Waals surface area (Å²) in [4.78, 5) is 0. The third kappa shape index (κ3) is 2.92. The molecule has 2 rings (SSSR count). The van der Waals surface area contributed by atoms with E-state index in [2.05, 4.69) is 15.9 Å². The lowest BCUT2D eigenvalue weighted by molar-refractivity contribution is -0.0760. The Bertz CT molecular complexity index is 402. The van der Waals surface area contributed by atoms with Crippen LogP contribution in [0.4, 0.5) is 4.39 Å². The molecule has 1 fully saturated rings. The zero-order valence-corrected chi connectivity index (χ0v) is 11.7. The van der Waals surface area contributed by atoms with Crippen LogP contribution in [0.3, 0.4) is 0 Å². The fourth-order valence-electron chi connectivity index (χ4n) is 1.77. The topological polar surface area (TPSA) is 18.5 Å². The van der Waals surface area contributed by atoms with Gasteiger partial charge in [0.1, 0.15) is 23.8 Å². The Morgan fingerprint density at radius 2 is 2.29 bits per heavy atom. The Kier molecular flexibility index (Phi) is 4.28. The molecule has 0 amide bonds. The van der Waals surface area contributed by atoms with Gasteiger partial charge in [-0.1, -0.05) is 0 Å². The number of rotatable bonds is 4. The minimum absolute atomic E-state index is 0.0137. The predicted octanol–water partition coefficient (Wildman–Crippen LogP) is 3.75. The van der Waals surface area contributed by atoms with E-state index in [1.54, 1.807) is 12.1 Å². The molecule has 3 unspecified atom stereocenters. The Morgan fingerprint density at radius 3 is 2.88 bits per heavy atom. The highest BCUT2D eigenvalue weighted by molar-refractivity contribution is 9.10. The first-order chi connectivity index (χ1) is 8.11. The highest BCUT2D eigenvalue weighted by Gasteiger charge is 2.42. The normalized spacial score (nSPS) is 27.6. The van der Waals surface area contributed by atoms with Gasteiger partial charge >= 0.3 is 0 Å². The first kappa shape index (κ1) is 13.1. The molecule has 0 saturated heterocycles. The smallest absolute Gasteiger partial charge is 0.141 e. The van der Waals surface area contributed by atoms with Gasteiger partial charge in [0.15, 0.2) is 0 Å². The van der Waals surface area contributed by atoms with Crippen molar-refractivity contribution in [3.05, 3.63) is 28.5 Å². The van der Waals surface area contributed by atoms with Gasteiger partial charge in [0, 0.05) is 19.1 Å². The maximum Gasteiger partial charge on any atom is 0.141 e. The van der Waals surface area contributed by atoms with Gasteiger partial charge in [-0.2, -0.15) is 0 Å². The lowest BCUT2D eigenvalue weighted by Crippen LogP contribution is -2.52. The first-order valence-corrected chi connectivity index (χ1v) is 6.72. The van der Waals surface area contributed by atoms with Crippen LogP contribution in [0, 0.1) is 5.82 Å². The van der Waals surface area contributed by atoms with Gasteiger partial charge in [0.2, 0.25) is 0 Å². The molecule has 0 aromatic heterocycles. The number of benzene rings is 1. The Labute approximate surface area is 113 Å². The fourth-order valence-corrected chi connectivity index (χ4v) is 2.43. The second kappa shape index (κ2) is 5.55. The highest BCUT2D eigenvalue weighted by atomic mass is 79.9. The summed E-state index contributed by atoms with van der Waals surface area (Å²) >= 11 is 9.12. The first-order valence-electron chi connectivity index (χ1n) is 5.49. The van der Waals surface area contributed by atoms with E-state index in [9.17, 15) is 4.39 Å². The van der Waals surface area contributed by atoms with Gasteiger partial charge in [-0.25, -0.2) is 4.39 Å². The molecule has 3 atom stereocenters. The van der Waals surface area contributed by atoms with Gasteiger partial charge < -0.3 is 9.47 Å².